The van der Waals surface area contributed by atoms with Gasteiger partial charge in [-0.1, -0.05) is 0 Å². The Morgan fingerprint density at radius 1 is 1.56 bits per heavy atom. The largest absolute Gasteiger partial charge is 0.481 e. The van der Waals surface area contributed by atoms with Gasteiger partial charge in [0.25, 0.3) is 5.91 Å². The second-order valence-electron chi connectivity index (χ2n) is 3.28. The number of hydrogen-bond acceptors (Lipinski definition) is 4. The molecule has 0 bridgehead atoms. The van der Waals surface area contributed by atoms with Crippen LogP contribution in [0.2, 0.25) is 0 Å². The fourth-order valence-corrected chi connectivity index (χ4v) is 1.66. The van der Waals surface area contributed by atoms with Crippen LogP contribution < -0.4 is 9.64 Å². The first-order valence-electron chi connectivity index (χ1n) is 4.91. The minimum atomic E-state index is -0.0679. The molecule has 1 aromatic rings. The molecule has 0 saturated carbocycles. The van der Waals surface area contributed by atoms with Crippen molar-refractivity contribution in [3.05, 3.63) is 18.2 Å². The number of ether oxygens (including phenoxy) is 1. The van der Waals surface area contributed by atoms with Crippen LogP contribution in [-0.2, 0) is 9.59 Å². The van der Waals surface area contributed by atoms with E-state index < -0.39 is 0 Å². The third kappa shape index (κ3) is 1.68. The molecule has 0 saturated heterocycles. The summed E-state index contributed by atoms with van der Waals surface area (Å²) >= 11 is 0. The zero-order valence-electron chi connectivity index (χ0n) is 8.77. The van der Waals surface area contributed by atoms with Crippen molar-refractivity contribution in [3.8, 4) is 5.75 Å². The van der Waals surface area contributed by atoms with Crippen molar-refractivity contribution in [2.45, 2.75) is 6.92 Å². The Balaban J connectivity index is 2.45. The highest BCUT2D eigenvalue weighted by Gasteiger charge is 2.24. The maximum absolute atomic E-state index is 11.5. The van der Waals surface area contributed by atoms with E-state index in [0.29, 0.717) is 23.7 Å². The Kier molecular flexibility index (Phi) is 2.70. The van der Waals surface area contributed by atoms with Crippen molar-refractivity contribution in [1.82, 2.24) is 0 Å². The molecule has 0 atom stereocenters. The van der Waals surface area contributed by atoms with Crippen LogP contribution in [0.1, 0.15) is 6.92 Å². The molecular weight excluding hydrogens is 208 g/mol. The summed E-state index contributed by atoms with van der Waals surface area (Å²) in [5.41, 5.74) is 1.18. The Morgan fingerprint density at radius 3 is 3.06 bits per heavy atom. The van der Waals surface area contributed by atoms with E-state index in [1.54, 1.807) is 23.1 Å². The molecule has 1 aromatic carbocycles. The van der Waals surface area contributed by atoms with Crippen molar-refractivity contribution in [1.29, 1.82) is 0 Å². The van der Waals surface area contributed by atoms with Gasteiger partial charge in [0.05, 0.1) is 11.4 Å². The third-order valence-electron chi connectivity index (χ3n) is 2.38. The molecule has 0 aliphatic carbocycles. The Hall–Kier alpha value is -2.13. The molecule has 1 heterocycles. The summed E-state index contributed by atoms with van der Waals surface area (Å²) in [5.74, 6) is 0.500. The van der Waals surface area contributed by atoms with Crippen LogP contribution in [0, 0.1) is 0 Å². The molecule has 16 heavy (non-hydrogen) atoms. The lowest BCUT2D eigenvalue weighted by atomic mass is 10.2. The molecule has 1 amide bonds. The van der Waals surface area contributed by atoms with Gasteiger partial charge in [-0.05, 0) is 19.1 Å². The average Bonchev–Trinajstić information content (AvgIpc) is 2.30. The monoisotopic (exact) mass is 218 g/mol. The van der Waals surface area contributed by atoms with Crippen LogP contribution in [0.4, 0.5) is 11.4 Å². The number of nitrogens with zero attached hydrogens (tertiary/aromatic N) is 2. The number of amides is 1. The number of hydrogen-bond donors (Lipinski definition) is 0. The van der Waals surface area contributed by atoms with E-state index in [-0.39, 0.29) is 12.5 Å². The smallest absolute Gasteiger partial charge is 0.265 e. The Bertz CT molecular complexity index is 478. The van der Waals surface area contributed by atoms with Crippen LogP contribution in [-0.4, -0.2) is 25.1 Å². The molecule has 0 fully saturated rings. The van der Waals surface area contributed by atoms with E-state index in [0.717, 1.165) is 0 Å². The molecule has 0 spiro atoms. The summed E-state index contributed by atoms with van der Waals surface area (Å²) in [6, 6.07) is 4.98. The van der Waals surface area contributed by atoms with E-state index in [1.165, 1.54) is 6.08 Å². The summed E-state index contributed by atoms with van der Waals surface area (Å²) in [4.78, 5) is 26.8. The highest BCUT2D eigenvalue weighted by molar-refractivity contribution is 5.98. The third-order valence-corrected chi connectivity index (χ3v) is 2.38. The summed E-state index contributed by atoms with van der Waals surface area (Å²) < 4.78 is 5.27. The lowest BCUT2D eigenvalue weighted by Crippen LogP contribution is -2.38. The number of rotatable bonds is 2. The molecule has 0 N–H and O–H groups in total. The second kappa shape index (κ2) is 4.16. The fraction of sp³-hybridized carbons (Fsp3) is 0.273. The van der Waals surface area contributed by atoms with Crippen molar-refractivity contribution < 1.29 is 14.3 Å². The lowest BCUT2D eigenvalue weighted by molar-refractivity contribution is -0.121. The number of anilines is 1. The van der Waals surface area contributed by atoms with E-state index in [4.69, 9.17) is 4.74 Å². The summed E-state index contributed by atoms with van der Waals surface area (Å²) in [5, 5.41) is 0. The van der Waals surface area contributed by atoms with Gasteiger partial charge < -0.3 is 9.64 Å². The number of carbonyl (C=O) groups excluding carboxylic acids is 2. The number of likely N-dealkylation sites (N-methyl/N-ethyl adjacent to an activating group) is 1. The molecule has 0 radical (unpaired) electrons. The van der Waals surface area contributed by atoms with Gasteiger partial charge in [0.2, 0.25) is 6.08 Å². The predicted molar refractivity (Wildman–Crippen MR) is 57.7 cm³/mol. The van der Waals surface area contributed by atoms with Crippen LogP contribution in [0.3, 0.4) is 0 Å². The molecule has 0 aromatic heterocycles. The van der Waals surface area contributed by atoms with Gasteiger partial charge in [0.15, 0.2) is 6.61 Å². The Labute approximate surface area is 92.3 Å². The van der Waals surface area contributed by atoms with Gasteiger partial charge >= 0.3 is 0 Å². The van der Waals surface area contributed by atoms with Gasteiger partial charge in [-0.25, -0.2) is 4.79 Å². The number of carbonyl (C=O) groups is 1. The van der Waals surface area contributed by atoms with Crippen molar-refractivity contribution >= 4 is 23.4 Å². The minimum Gasteiger partial charge on any atom is -0.481 e. The molecule has 5 heteroatoms. The molecule has 5 nitrogen and oxygen atoms in total. The van der Waals surface area contributed by atoms with E-state index >= 15 is 0 Å². The van der Waals surface area contributed by atoms with Crippen molar-refractivity contribution in [2.75, 3.05) is 18.1 Å². The van der Waals surface area contributed by atoms with Crippen LogP contribution >= 0.6 is 0 Å². The zero-order valence-corrected chi connectivity index (χ0v) is 8.77. The first-order valence-corrected chi connectivity index (χ1v) is 4.91. The molecule has 82 valence electrons. The van der Waals surface area contributed by atoms with E-state index in [2.05, 4.69) is 4.99 Å². The summed E-state index contributed by atoms with van der Waals surface area (Å²) in [7, 11) is 0. The SMILES string of the molecule is CCN1C(=O)COc2cc(N=C=O)ccc21. The lowest BCUT2D eigenvalue weighted by Gasteiger charge is -2.28. The number of fused-ring (bicyclic) bond motifs is 1. The maximum atomic E-state index is 11.5. The van der Waals surface area contributed by atoms with Gasteiger partial charge in [-0.3, -0.25) is 4.79 Å². The normalized spacial score (nSPS) is 13.8. The second-order valence-corrected chi connectivity index (χ2v) is 3.28. The summed E-state index contributed by atoms with van der Waals surface area (Å²) in [6.07, 6.45) is 1.46. The van der Waals surface area contributed by atoms with Crippen LogP contribution in [0.15, 0.2) is 23.2 Å². The first-order chi connectivity index (χ1) is 7.76. The zero-order chi connectivity index (χ0) is 11.5. The van der Waals surface area contributed by atoms with Crippen LogP contribution in [0.25, 0.3) is 0 Å². The van der Waals surface area contributed by atoms with Gasteiger partial charge in [0.1, 0.15) is 5.75 Å². The highest BCUT2D eigenvalue weighted by atomic mass is 16.5. The quantitative estimate of drug-likeness (QED) is 0.556. The molecule has 2 rings (SSSR count). The number of benzene rings is 1. The van der Waals surface area contributed by atoms with Crippen molar-refractivity contribution in [2.24, 2.45) is 4.99 Å². The number of aliphatic imine (C=N–C) groups is 1. The van der Waals surface area contributed by atoms with Crippen LogP contribution in [0.5, 0.6) is 5.75 Å². The van der Waals surface area contributed by atoms with Crippen molar-refractivity contribution in [3.63, 3.8) is 0 Å². The minimum absolute atomic E-state index is 0.0229. The maximum Gasteiger partial charge on any atom is 0.265 e. The first kappa shape index (κ1) is 10.4. The summed E-state index contributed by atoms with van der Waals surface area (Å²) in [6.45, 7) is 2.51. The Morgan fingerprint density at radius 2 is 2.38 bits per heavy atom. The predicted octanol–water partition coefficient (Wildman–Crippen LogP) is 1.40. The van der Waals surface area contributed by atoms with Gasteiger partial charge in [-0.2, -0.15) is 4.99 Å². The fourth-order valence-electron chi connectivity index (χ4n) is 1.66. The molecular formula is C11H10N2O3. The van der Waals surface area contributed by atoms with Gasteiger partial charge in [0, 0.05) is 12.6 Å². The van der Waals surface area contributed by atoms with E-state index in [9.17, 15) is 9.59 Å². The standard InChI is InChI=1S/C11H10N2O3/c1-2-13-9-4-3-8(12-7-14)5-10(9)16-6-11(13)15/h3-5H,2,6H2,1H3. The molecule has 1 aliphatic heterocycles. The average molecular weight is 218 g/mol. The molecule has 1 aliphatic rings. The van der Waals surface area contributed by atoms with E-state index in [1.807, 2.05) is 6.92 Å². The topological polar surface area (TPSA) is 59.0 Å². The highest BCUT2D eigenvalue weighted by Crippen LogP contribution is 2.34. The molecule has 0 unspecified atom stereocenters. The van der Waals surface area contributed by atoms with Gasteiger partial charge in [-0.15, -0.1) is 0 Å². The number of isocyanates is 1.